The number of hydrogen-bond donors (Lipinski definition) is 3. The zero-order valence-corrected chi connectivity index (χ0v) is 15.4. The van der Waals surface area contributed by atoms with Crippen molar-refractivity contribution in [3.05, 3.63) is 85.5 Å². The molecular formula is C19H14ClN5O3. The molecule has 1 amide bonds. The molecule has 0 fully saturated rings. The summed E-state index contributed by atoms with van der Waals surface area (Å²) in [7, 11) is 0. The quantitative estimate of drug-likeness (QED) is 0.463. The Kier molecular flexibility index (Phi) is 4.32. The maximum atomic E-state index is 12.7. The Morgan fingerprint density at radius 3 is 2.39 bits per heavy atom. The molecule has 0 unspecified atom stereocenters. The molecule has 0 bridgehead atoms. The van der Waals surface area contributed by atoms with Gasteiger partial charge < -0.3 is 15.3 Å². The summed E-state index contributed by atoms with van der Waals surface area (Å²) in [6, 6.07) is 13.4. The van der Waals surface area contributed by atoms with Gasteiger partial charge in [-0.25, -0.2) is 4.68 Å². The van der Waals surface area contributed by atoms with Gasteiger partial charge in [0.2, 0.25) is 0 Å². The fourth-order valence-corrected chi connectivity index (χ4v) is 2.94. The molecule has 140 valence electrons. The second-order valence-corrected chi connectivity index (χ2v) is 6.62. The minimum Gasteiger partial charge on any atom is -0.316 e. The normalized spacial score (nSPS) is 10.9. The summed E-state index contributed by atoms with van der Waals surface area (Å²) in [5.41, 5.74) is 1.06. The van der Waals surface area contributed by atoms with Crippen LogP contribution in [-0.2, 0) is 0 Å². The van der Waals surface area contributed by atoms with E-state index in [-0.39, 0.29) is 5.91 Å². The van der Waals surface area contributed by atoms with Crippen molar-refractivity contribution >= 4 is 34.4 Å². The monoisotopic (exact) mass is 395 g/mol. The SMILES string of the molecule is Cc1cc(NC(=O)c2ccc3[nH]c(=O)c(=O)[nH]c3c2)n(-c2ccc(Cl)cc2)n1. The van der Waals surface area contributed by atoms with Crippen LogP contribution in [0.3, 0.4) is 0 Å². The highest BCUT2D eigenvalue weighted by molar-refractivity contribution is 6.30. The molecule has 2 aromatic carbocycles. The Balaban J connectivity index is 1.68. The smallest absolute Gasteiger partial charge is 0.314 e. The summed E-state index contributed by atoms with van der Waals surface area (Å²) in [6.45, 7) is 1.82. The Morgan fingerprint density at radius 2 is 1.68 bits per heavy atom. The van der Waals surface area contributed by atoms with Gasteiger partial charge in [-0.15, -0.1) is 0 Å². The zero-order chi connectivity index (χ0) is 19.8. The molecule has 0 spiro atoms. The number of aromatic nitrogens is 4. The lowest BCUT2D eigenvalue weighted by Gasteiger charge is -2.09. The van der Waals surface area contributed by atoms with Crippen LogP contribution in [0.25, 0.3) is 16.7 Å². The van der Waals surface area contributed by atoms with Crippen LogP contribution in [0.1, 0.15) is 16.1 Å². The Bertz CT molecular complexity index is 1320. The van der Waals surface area contributed by atoms with Gasteiger partial charge >= 0.3 is 11.1 Å². The van der Waals surface area contributed by atoms with Crippen molar-refractivity contribution in [3.63, 3.8) is 0 Å². The maximum Gasteiger partial charge on any atom is 0.314 e. The number of halogens is 1. The van der Waals surface area contributed by atoms with Gasteiger partial charge in [-0.3, -0.25) is 14.4 Å². The number of fused-ring (bicyclic) bond motifs is 1. The fourth-order valence-electron chi connectivity index (χ4n) is 2.81. The highest BCUT2D eigenvalue weighted by atomic mass is 35.5. The first-order chi connectivity index (χ1) is 13.4. The second-order valence-electron chi connectivity index (χ2n) is 6.18. The van der Waals surface area contributed by atoms with Crippen LogP contribution in [0, 0.1) is 6.92 Å². The predicted octanol–water partition coefficient (Wildman–Crippen LogP) is 2.62. The predicted molar refractivity (Wildman–Crippen MR) is 106 cm³/mol. The number of benzene rings is 2. The number of aromatic amines is 2. The third-order valence-electron chi connectivity index (χ3n) is 4.13. The molecule has 3 N–H and O–H groups in total. The molecule has 4 rings (SSSR count). The van der Waals surface area contributed by atoms with E-state index in [0.717, 1.165) is 11.4 Å². The highest BCUT2D eigenvalue weighted by Crippen LogP contribution is 2.20. The number of nitrogens with zero attached hydrogens (tertiary/aromatic N) is 2. The second kappa shape index (κ2) is 6.82. The highest BCUT2D eigenvalue weighted by Gasteiger charge is 2.13. The molecule has 0 aliphatic carbocycles. The molecule has 2 aromatic heterocycles. The van der Waals surface area contributed by atoms with Crippen LogP contribution >= 0.6 is 11.6 Å². The maximum absolute atomic E-state index is 12.7. The summed E-state index contributed by atoms with van der Waals surface area (Å²) in [6.07, 6.45) is 0. The minimum absolute atomic E-state index is 0.316. The average molecular weight is 396 g/mol. The molecule has 2 heterocycles. The summed E-state index contributed by atoms with van der Waals surface area (Å²) in [5.74, 6) is 0.101. The van der Waals surface area contributed by atoms with Gasteiger partial charge in [0.1, 0.15) is 5.82 Å². The molecule has 0 saturated carbocycles. The number of amides is 1. The molecule has 28 heavy (non-hydrogen) atoms. The van der Waals surface area contributed by atoms with E-state index in [9.17, 15) is 14.4 Å². The number of aryl methyl sites for hydroxylation is 1. The third kappa shape index (κ3) is 3.33. The van der Waals surface area contributed by atoms with Gasteiger partial charge in [-0.2, -0.15) is 5.10 Å². The molecule has 4 aromatic rings. The van der Waals surface area contributed by atoms with Crippen molar-refractivity contribution in [1.82, 2.24) is 19.7 Å². The Hall–Kier alpha value is -3.65. The topological polar surface area (TPSA) is 113 Å². The van der Waals surface area contributed by atoms with Gasteiger partial charge in [0.15, 0.2) is 0 Å². The molecule has 9 heteroatoms. The van der Waals surface area contributed by atoms with Crippen LogP contribution in [0.15, 0.2) is 58.1 Å². The number of carbonyl (C=O) groups excluding carboxylic acids is 1. The number of anilines is 1. The van der Waals surface area contributed by atoms with Gasteiger partial charge in [-0.05, 0) is 49.4 Å². The van der Waals surface area contributed by atoms with Crippen LogP contribution in [-0.4, -0.2) is 25.7 Å². The first-order valence-corrected chi connectivity index (χ1v) is 8.69. The number of nitrogens with one attached hydrogen (secondary N) is 3. The van der Waals surface area contributed by atoms with Crippen LogP contribution in [0.2, 0.25) is 5.02 Å². The van der Waals surface area contributed by atoms with Crippen LogP contribution in [0.5, 0.6) is 0 Å². The van der Waals surface area contributed by atoms with Crippen molar-refractivity contribution in [2.24, 2.45) is 0 Å². The van der Waals surface area contributed by atoms with Crippen molar-refractivity contribution in [1.29, 1.82) is 0 Å². The van der Waals surface area contributed by atoms with Crippen LogP contribution in [0.4, 0.5) is 5.82 Å². The van der Waals surface area contributed by atoms with E-state index in [1.807, 2.05) is 6.92 Å². The van der Waals surface area contributed by atoms with E-state index in [0.29, 0.717) is 27.4 Å². The molecule has 0 atom stereocenters. The van der Waals surface area contributed by atoms with Crippen LogP contribution < -0.4 is 16.4 Å². The lowest BCUT2D eigenvalue weighted by Crippen LogP contribution is -2.29. The van der Waals surface area contributed by atoms with Gasteiger partial charge in [0.05, 0.1) is 22.4 Å². The van der Waals surface area contributed by atoms with Crippen molar-refractivity contribution in [2.45, 2.75) is 6.92 Å². The number of H-pyrrole nitrogens is 2. The lowest BCUT2D eigenvalue weighted by atomic mass is 10.2. The summed E-state index contributed by atoms with van der Waals surface area (Å²) in [4.78, 5) is 40.5. The van der Waals surface area contributed by atoms with Gasteiger partial charge in [0, 0.05) is 16.7 Å². The minimum atomic E-state index is -0.776. The van der Waals surface area contributed by atoms with Crippen molar-refractivity contribution in [2.75, 3.05) is 5.32 Å². The average Bonchev–Trinajstić information content (AvgIpc) is 3.03. The van der Waals surface area contributed by atoms with Gasteiger partial charge in [0.25, 0.3) is 5.91 Å². The van der Waals surface area contributed by atoms with Crippen molar-refractivity contribution in [3.8, 4) is 5.69 Å². The number of rotatable bonds is 3. The lowest BCUT2D eigenvalue weighted by molar-refractivity contribution is 0.102. The van der Waals surface area contributed by atoms with Gasteiger partial charge in [-0.1, -0.05) is 11.6 Å². The van der Waals surface area contributed by atoms with Crippen molar-refractivity contribution < 1.29 is 4.79 Å². The molecule has 8 nitrogen and oxygen atoms in total. The fraction of sp³-hybridized carbons (Fsp3) is 0.0526. The zero-order valence-electron chi connectivity index (χ0n) is 14.6. The number of carbonyl (C=O) groups is 1. The first kappa shape index (κ1) is 17.7. The molecule has 0 saturated heterocycles. The third-order valence-corrected chi connectivity index (χ3v) is 4.38. The summed E-state index contributed by atoms with van der Waals surface area (Å²) < 4.78 is 1.60. The summed E-state index contributed by atoms with van der Waals surface area (Å²) in [5, 5.41) is 7.81. The summed E-state index contributed by atoms with van der Waals surface area (Å²) >= 11 is 5.93. The largest absolute Gasteiger partial charge is 0.316 e. The van der Waals surface area contributed by atoms with E-state index in [1.54, 1.807) is 47.1 Å². The van der Waals surface area contributed by atoms with E-state index < -0.39 is 11.1 Å². The standard InChI is InChI=1S/C19H14ClN5O3/c1-10-8-16(25(24-10)13-5-3-12(20)4-6-13)23-17(26)11-2-7-14-15(9-11)22-19(28)18(27)21-14/h2-9H,1H3,(H,21,27)(H,22,28)(H,23,26). The Labute approximate surface area is 162 Å². The van der Waals surface area contributed by atoms with E-state index in [1.165, 1.54) is 6.07 Å². The molecule has 0 aliphatic heterocycles. The van der Waals surface area contributed by atoms with E-state index in [4.69, 9.17) is 11.6 Å². The number of hydrogen-bond acceptors (Lipinski definition) is 4. The molecule has 0 aliphatic rings. The Morgan fingerprint density at radius 1 is 1.00 bits per heavy atom. The first-order valence-electron chi connectivity index (χ1n) is 8.31. The van der Waals surface area contributed by atoms with E-state index in [2.05, 4.69) is 20.4 Å². The van der Waals surface area contributed by atoms with E-state index >= 15 is 0 Å². The molecule has 0 radical (unpaired) electrons. The molecular weight excluding hydrogens is 382 g/mol.